The number of carbonyl (C=O) groups is 1. The van der Waals surface area contributed by atoms with Gasteiger partial charge >= 0.3 is 12.1 Å². The number of nitrogens with one attached hydrogen (secondary N) is 1. The number of nitrogens with zero attached hydrogens (tertiary/aromatic N) is 1. The fraction of sp³-hybridized carbons (Fsp3) is 0.310. The summed E-state index contributed by atoms with van der Waals surface area (Å²) >= 11 is 0. The summed E-state index contributed by atoms with van der Waals surface area (Å²) in [6, 6.07) is 17.4. The summed E-state index contributed by atoms with van der Waals surface area (Å²) in [6.07, 6.45) is -1.40. The first-order valence-electron chi connectivity index (χ1n) is 12.7. The van der Waals surface area contributed by atoms with Gasteiger partial charge in [0.15, 0.2) is 5.03 Å². The predicted octanol–water partition coefficient (Wildman–Crippen LogP) is 6.37. The maximum Gasteiger partial charge on any atom is 0.417 e. The van der Waals surface area contributed by atoms with Crippen molar-refractivity contribution < 1.29 is 36.2 Å². The molecule has 1 aromatic heterocycles. The largest absolute Gasteiger partial charge is 0.512 e. The lowest BCUT2D eigenvalue weighted by atomic mass is 9.83. The van der Waals surface area contributed by atoms with Crippen molar-refractivity contribution in [2.45, 2.75) is 62.3 Å². The number of esters is 1. The van der Waals surface area contributed by atoms with E-state index in [0.717, 1.165) is 18.1 Å². The Morgan fingerprint density at radius 3 is 2.38 bits per heavy atom. The number of cyclic esters (lactones) is 1. The molecule has 0 bridgehead atoms. The predicted molar refractivity (Wildman–Crippen MR) is 143 cm³/mol. The van der Waals surface area contributed by atoms with E-state index in [9.17, 15) is 31.5 Å². The zero-order chi connectivity index (χ0) is 29.0. The van der Waals surface area contributed by atoms with Gasteiger partial charge in [-0.15, -0.1) is 0 Å². The number of halogens is 3. The van der Waals surface area contributed by atoms with Gasteiger partial charge in [-0.1, -0.05) is 55.8 Å². The number of anilines is 1. The fourth-order valence-corrected chi connectivity index (χ4v) is 5.72. The lowest BCUT2D eigenvalue weighted by Gasteiger charge is -2.37. The number of ether oxygens (including phenoxy) is 1. The van der Waals surface area contributed by atoms with Crippen molar-refractivity contribution in [2.75, 3.05) is 4.72 Å². The molecule has 4 rings (SSSR count). The van der Waals surface area contributed by atoms with Gasteiger partial charge in [-0.05, 0) is 54.7 Å². The van der Waals surface area contributed by atoms with E-state index in [1.807, 2.05) is 37.3 Å². The van der Waals surface area contributed by atoms with Crippen LogP contribution in [0.25, 0.3) is 0 Å². The van der Waals surface area contributed by atoms with Gasteiger partial charge in [0.05, 0.1) is 11.1 Å². The molecule has 0 spiro atoms. The molecule has 40 heavy (non-hydrogen) atoms. The molecule has 1 aliphatic heterocycles. The number of aliphatic hydroxyl groups excluding tert-OH is 1. The molecule has 0 saturated carbocycles. The number of aliphatic hydroxyl groups is 1. The summed E-state index contributed by atoms with van der Waals surface area (Å²) in [4.78, 5) is 16.5. The van der Waals surface area contributed by atoms with E-state index in [2.05, 4.69) is 9.71 Å². The maximum absolute atomic E-state index is 13.1. The zero-order valence-electron chi connectivity index (χ0n) is 21.7. The highest BCUT2D eigenvalue weighted by atomic mass is 32.2. The van der Waals surface area contributed by atoms with Crippen LogP contribution in [0.3, 0.4) is 0 Å². The molecule has 0 saturated heterocycles. The van der Waals surface area contributed by atoms with Crippen LogP contribution in [0.4, 0.5) is 18.9 Å². The van der Waals surface area contributed by atoms with Crippen molar-refractivity contribution in [1.29, 1.82) is 0 Å². The minimum atomic E-state index is -4.64. The minimum Gasteiger partial charge on any atom is -0.512 e. The number of rotatable bonds is 10. The van der Waals surface area contributed by atoms with Gasteiger partial charge in [-0.2, -0.15) is 21.6 Å². The van der Waals surface area contributed by atoms with Crippen LogP contribution >= 0.6 is 0 Å². The van der Waals surface area contributed by atoms with Gasteiger partial charge in [0, 0.05) is 24.7 Å². The van der Waals surface area contributed by atoms with E-state index in [4.69, 9.17) is 4.74 Å². The highest BCUT2D eigenvalue weighted by molar-refractivity contribution is 7.92. The number of pyridine rings is 1. The van der Waals surface area contributed by atoms with Gasteiger partial charge in [0.2, 0.25) is 0 Å². The molecule has 2 heterocycles. The SMILES string of the molecule is CCC[C@@]1(CCc2ccccc2)CC(O)=C(Cc2cccc(NS(=O)(=O)c3ccc(C(F)(F)F)cn3)c2)C(=O)O1. The first-order valence-corrected chi connectivity index (χ1v) is 14.2. The first-order chi connectivity index (χ1) is 18.9. The van der Waals surface area contributed by atoms with Crippen LogP contribution in [0.5, 0.6) is 0 Å². The summed E-state index contributed by atoms with van der Waals surface area (Å²) in [7, 11) is -4.28. The number of hydrogen-bond donors (Lipinski definition) is 2. The van der Waals surface area contributed by atoms with Gasteiger partial charge < -0.3 is 9.84 Å². The van der Waals surface area contributed by atoms with E-state index in [-0.39, 0.29) is 29.9 Å². The second-order valence-electron chi connectivity index (χ2n) is 9.78. The van der Waals surface area contributed by atoms with Crippen molar-refractivity contribution in [3.63, 3.8) is 0 Å². The van der Waals surface area contributed by atoms with Crippen molar-refractivity contribution in [1.82, 2.24) is 4.98 Å². The monoisotopic (exact) mass is 574 g/mol. The molecule has 0 fully saturated rings. The zero-order valence-corrected chi connectivity index (χ0v) is 22.6. The van der Waals surface area contributed by atoms with Gasteiger partial charge in [0.25, 0.3) is 10.0 Å². The Kier molecular flexibility index (Phi) is 8.53. The van der Waals surface area contributed by atoms with E-state index in [1.165, 1.54) is 12.1 Å². The second kappa shape index (κ2) is 11.7. The van der Waals surface area contributed by atoms with Crippen LogP contribution in [0, 0.1) is 0 Å². The summed E-state index contributed by atoms with van der Waals surface area (Å²) in [5.74, 6) is -0.678. The summed E-state index contributed by atoms with van der Waals surface area (Å²) in [6.45, 7) is 1.99. The summed E-state index contributed by atoms with van der Waals surface area (Å²) in [5, 5.41) is 10.3. The molecule has 2 N–H and O–H groups in total. The fourth-order valence-electron chi connectivity index (χ4n) is 4.74. The van der Waals surface area contributed by atoms with Gasteiger partial charge in [-0.25, -0.2) is 9.78 Å². The minimum absolute atomic E-state index is 0.000343. The molecular weight excluding hydrogens is 545 g/mol. The molecule has 0 aliphatic carbocycles. The third-order valence-electron chi connectivity index (χ3n) is 6.71. The van der Waals surface area contributed by atoms with E-state index >= 15 is 0 Å². The molecule has 1 atom stereocenters. The van der Waals surface area contributed by atoms with Crippen molar-refractivity contribution >= 4 is 21.7 Å². The van der Waals surface area contributed by atoms with Crippen molar-refractivity contribution in [3.8, 4) is 0 Å². The third-order valence-corrected chi connectivity index (χ3v) is 8.01. The van der Waals surface area contributed by atoms with Crippen LogP contribution in [0.1, 0.15) is 49.3 Å². The quantitative estimate of drug-likeness (QED) is 0.273. The molecule has 0 amide bonds. The maximum atomic E-state index is 13.1. The first kappa shape index (κ1) is 29.1. The van der Waals surface area contributed by atoms with Crippen molar-refractivity contribution in [2.24, 2.45) is 0 Å². The Hall–Kier alpha value is -3.86. The average molecular weight is 575 g/mol. The number of carbonyl (C=O) groups excluding carboxylic acids is 1. The lowest BCUT2D eigenvalue weighted by molar-refractivity contribution is -0.160. The van der Waals surface area contributed by atoms with Crippen molar-refractivity contribution in [3.05, 3.63) is 101 Å². The summed E-state index contributed by atoms with van der Waals surface area (Å²) < 4.78 is 72.0. The molecule has 0 unspecified atom stereocenters. The van der Waals surface area contributed by atoms with Crippen LogP contribution < -0.4 is 4.72 Å². The number of hydrogen-bond acceptors (Lipinski definition) is 6. The normalized spacial score (nSPS) is 17.9. The number of benzene rings is 2. The summed E-state index contributed by atoms with van der Waals surface area (Å²) in [5.41, 5.74) is -0.0478. The second-order valence-corrected chi connectivity index (χ2v) is 11.4. The molecule has 3 aromatic rings. The number of aryl methyl sites for hydroxylation is 1. The lowest BCUT2D eigenvalue weighted by Crippen LogP contribution is -2.41. The average Bonchev–Trinajstić information content (AvgIpc) is 2.90. The topological polar surface area (TPSA) is 106 Å². The molecule has 212 valence electrons. The smallest absolute Gasteiger partial charge is 0.417 e. The molecule has 1 aliphatic rings. The van der Waals surface area contributed by atoms with Gasteiger partial charge in [-0.3, -0.25) is 4.72 Å². The Bertz CT molecular complexity index is 1490. The van der Waals surface area contributed by atoms with Crippen LogP contribution in [-0.4, -0.2) is 30.1 Å². The Balaban J connectivity index is 1.49. The van der Waals surface area contributed by atoms with Crippen LogP contribution in [-0.2, 0) is 38.6 Å². The van der Waals surface area contributed by atoms with Crippen LogP contribution in [0.2, 0.25) is 0 Å². The molecule has 2 aromatic carbocycles. The Labute approximate surface area is 230 Å². The van der Waals surface area contributed by atoms with Gasteiger partial charge in [0.1, 0.15) is 11.4 Å². The third kappa shape index (κ3) is 7.01. The highest BCUT2D eigenvalue weighted by Crippen LogP contribution is 2.37. The number of alkyl halides is 3. The van der Waals surface area contributed by atoms with E-state index < -0.39 is 38.4 Å². The Morgan fingerprint density at radius 2 is 1.75 bits per heavy atom. The Morgan fingerprint density at radius 1 is 1.02 bits per heavy atom. The standard InChI is InChI=1S/C29H29F3N2O5S/c1-2-14-28(15-13-20-7-4-3-5-8-20)18-25(35)24(27(36)39-28)17-21-9-6-10-23(16-21)34-40(37,38)26-12-11-22(19-33-26)29(30,31)32/h3-12,16,19,34-35H,2,13-15,17-18H2,1H3/t28-/m1/s1. The van der Waals surface area contributed by atoms with Crippen LogP contribution in [0.15, 0.2) is 89.3 Å². The molecule has 7 nitrogen and oxygen atoms in total. The van der Waals surface area contributed by atoms with E-state index in [1.54, 1.807) is 12.1 Å². The number of aromatic nitrogens is 1. The highest BCUT2D eigenvalue weighted by Gasteiger charge is 2.41. The van der Waals surface area contributed by atoms with E-state index in [0.29, 0.717) is 37.1 Å². The molecule has 11 heteroatoms. The molecular formula is C29H29F3N2O5S. The number of sulfonamides is 1. The molecule has 0 radical (unpaired) electrons.